The highest BCUT2D eigenvalue weighted by atomic mass is 16.3. The molecule has 0 atom stereocenters. The molecule has 0 aliphatic carbocycles. The molecule has 0 bridgehead atoms. The van der Waals surface area contributed by atoms with Crippen molar-refractivity contribution < 1.29 is 14.0 Å². The van der Waals surface area contributed by atoms with Gasteiger partial charge in [-0.2, -0.15) is 0 Å². The lowest BCUT2D eigenvalue weighted by Gasteiger charge is -2.09. The maximum atomic E-state index is 12.0. The van der Waals surface area contributed by atoms with E-state index in [4.69, 9.17) is 4.42 Å². The minimum Gasteiger partial charge on any atom is -0.469 e. The normalized spacial score (nSPS) is 10.5. The second-order valence-corrected chi connectivity index (χ2v) is 5.44. The maximum absolute atomic E-state index is 12.0. The number of benzene rings is 1. The molecule has 1 heterocycles. The number of hydrogen-bond donors (Lipinski definition) is 2. The minimum absolute atomic E-state index is 0.0131. The molecule has 1 aromatic carbocycles. The lowest BCUT2D eigenvalue weighted by Crippen LogP contribution is -2.31. The Kier molecular flexibility index (Phi) is 4.99. The largest absolute Gasteiger partial charge is 0.469 e. The zero-order valence-corrected chi connectivity index (χ0v) is 13.0. The molecule has 0 radical (unpaired) electrons. The molecule has 0 spiro atoms. The Balaban J connectivity index is 1.96. The number of furan rings is 1. The van der Waals surface area contributed by atoms with E-state index < -0.39 is 0 Å². The highest BCUT2D eigenvalue weighted by Crippen LogP contribution is 2.14. The number of anilines is 1. The van der Waals surface area contributed by atoms with E-state index in [0.29, 0.717) is 23.4 Å². The molecule has 0 aliphatic rings. The van der Waals surface area contributed by atoms with E-state index in [1.165, 1.54) is 6.26 Å². The summed E-state index contributed by atoms with van der Waals surface area (Å²) in [5.74, 6) is 0.358. The van der Waals surface area contributed by atoms with Gasteiger partial charge in [-0.15, -0.1) is 0 Å². The van der Waals surface area contributed by atoms with E-state index in [9.17, 15) is 9.59 Å². The molecule has 116 valence electrons. The molecule has 22 heavy (non-hydrogen) atoms. The van der Waals surface area contributed by atoms with Crippen molar-refractivity contribution in [3.05, 3.63) is 53.5 Å². The van der Waals surface area contributed by atoms with Crippen LogP contribution in [0.15, 0.2) is 41.0 Å². The van der Waals surface area contributed by atoms with Gasteiger partial charge in [0.25, 0.3) is 5.91 Å². The predicted octanol–water partition coefficient (Wildman–Crippen LogP) is 2.91. The van der Waals surface area contributed by atoms with Crippen molar-refractivity contribution in [3.63, 3.8) is 0 Å². The van der Waals surface area contributed by atoms with E-state index in [1.807, 2.05) is 26.0 Å². The van der Waals surface area contributed by atoms with E-state index in [1.54, 1.807) is 25.1 Å². The molecule has 1 aromatic heterocycles. The number of carbonyl (C=O) groups is 2. The van der Waals surface area contributed by atoms with Crippen LogP contribution in [0, 0.1) is 6.92 Å². The van der Waals surface area contributed by atoms with Gasteiger partial charge < -0.3 is 15.1 Å². The van der Waals surface area contributed by atoms with Crippen molar-refractivity contribution in [2.24, 2.45) is 0 Å². The van der Waals surface area contributed by atoms with Crippen LogP contribution in [0.2, 0.25) is 0 Å². The molecule has 0 aliphatic heterocycles. The second-order valence-electron chi connectivity index (χ2n) is 5.44. The first kappa shape index (κ1) is 15.8. The van der Waals surface area contributed by atoms with Gasteiger partial charge in [0.1, 0.15) is 5.76 Å². The molecular formula is C17H20N2O3. The maximum Gasteiger partial charge on any atom is 0.259 e. The summed E-state index contributed by atoms with van der Waals surface area (Å²) in [7, 11) is 0. The predicted molar refractivity (Wildman–Crippen MR) is 84.8 cm³/mol. The van der Waals surface area contributed by atoms with Crippen LogP contribution < -0.4 is 10.6 Å². The fraction of sp³-hybridized carbons (Fsp3) is 0.294. The number of aryl methyl sites for hydroxylation is 1. The molecule has 0 unspecified atom stereocenters. The summed E-state index contributed by atoms with van der Waals surface area (Å²) in [6.07, 6.45) is 1.81. The van der Waals surface area contributed by atoms with E-state index in [2.05, 4.69) is 10.6 Å². The summed E-state index contributed by atoms with van der Waals surface area (Å²) in [5.41, 5.74) is 2.09. The highest BCUT2D eigenvalue weighted by molar-refractivity contribution is 6.04. The Bertz CT molecular complexity index is 657. The van der Waals surface area contributed by atoms with Crippen LogP contribution in [-0.2, 0) is 11.2 Å². The first-order valence-corrected chi connectivity index (χ1v) is 7.19. The molecule has 5 heteroatoms. The standard InChI is InChI=1S/C17H20N2O3/c1-11(2)18-16(20)10-13-4-6-14(7-5-13)19-17(21)15-8-9-22-12(15)3/h4-9,11H,10H2,1-3H3,(H,18,20)(H,19,21). The Morgan fingerprint density at radius 3 is 2.36 bits per heavy atom. The fourth-order valence-corrected chi connectivity index (χ4v) is 2.08. The quantitative estimate of drug-likeness (QED) is 0.892. The van der Waals surface area contributed by atoms with Crippen molar-refractivity contribution in [2.75, 3.05) is 5.32 Å². The molecule has 2 amide bonds. The molecule has 0 saturated heterocycles. The molecular weight excluding hydrogens is 280 g/mol. The Morgan fingerprint density at radius 1 is 1.14 bits per heavy atom. The smallest absolute Gasteiger partial charge is 0.259 e. The lowest BCUT2D eigenvalue weighted by molar-refractivity contribution is -0.120. The molecule has 0 saturated carbocycles. The highest BCUT2D eigenvalue weighted by Gasteiger charge is 2.11. The summed E-state index contributed by atoms with van der Waals surface area (Å²) in [4.78, 5) is 23.7. The summed E-state index contributed by atoms with van der Waals surface area (Å²) >= 11 is 0. The minimum atomic E-state index is -0.212. The van der Waals surface area contributed by atoms with Gasteiger partial charge in [-0.3, -0.25) is 9.59 Å². The Hall–Kier alpha value is -2.56. The molecule has 5 nitrogen and oxygen atoms in total. The first-order chi connectivity index (χ1) is 10.5. The van der Waals surface area contributed by atoms with Gasteiger partial charge in [-0.25, -0.2) is 0 Å². The van der Waals surface area contributed by atoms with Crippen LogP contribution in [0.25, 0.3) is 0 Å². The summed E-state index contributed by atoms with van der Waals surface area (Å²) in [6.45, 7) is 5.59. The van der Waals surface area contributed by atoms with Gasteiger partial charge in [0.2, 0.25) is 5.91 Å². The summed E-state index contributed by atoms with van der Waals surface area (Å²) in [6, 6.07) is 8.99. The SMILES string of the molecule is Cc1occc1C(=O)Nc1ccc(CC(=O)NC(C)C)cc1. The molecule has 2 aromatic rings. The zero-order chi connectivity index (χ0) is 16.1. The average molecular weight is 300 g/mol. The summed E-state index contributed by atoms with van der Waals surface area (Å²) in [5, 5.41) is 5.64. The van der Waals surface area contributed by atoms with E-state index in [0.717, 1.165) is 5.56 Å². The Morgan fingerprint density at radius 2 is 1.82 bits per heavy atom. The van der Waals surface area contributed by atoms with Crippen LogP contribution in [-0.4, -0.2) is 17.9 Å². The van der Waals surface area contributed by atoms with Gasteiger partial charge in [0, 0.05) is 11.7 Å². The molecule has 0 fully saturated rings. The van der Waals surface area contributed by atoms with Crippen LogP contribution >= 0.6 is 0 Å². The van der Waals surface area contributed by atoms with Gasteiger partial charge >= 0.3 is 0 Å². The fourth-order valence-electron chi connectivity index (χ4n) is 2.08. The van der Waals surface area contributed by atoms with Gasteiger partial charge in [0.05, 0.1) is 18.2 Å². The third-order valence-corrected chi connectivity index (χ3v) is 3.13. The van der Waals surface area contributed by atoms with Crippen LogP contribution in [0.4, 0.5) is 5.69 Å². The second kappa shape index (κ2) is 6.93. The van der Waals surface area contributed by atoms with Crippen LogP contribution in [0.1, 0.15) is 35.5 Å². The Labute approximate surface area is 129 Å². The third kappa shape index (κ3) is 4.22. The molecule has 2 N–H and O–H groups in total. The topological polar surface area (TPSA) is 71.3 Å². The zero-order valence-electron chi connectivity index (χ0n) is 13.0. The van der Waals surface area contributed by atoms with Crippen LogP contribution in [0.3, 0.4) is 0 Å². The number of amides is 2. The third-order valence-electron chi connectivity index (χ3n) is 3.13. The number of rotatable bonds is 5. The monoisotopic (exact) mass is 300 g/mol. The van der Waals surface area contributed by atoms with E-state index >= 15 is 0 Å². The van der Waals surface area contributed by atoms with E-state index in [-0.39, 0.29) is 17.9 Å². The van der Waals surface area contributed by atoms with Gasteiger partial charge in [0.15, 0.2) is 0 Å². The van der Waals surface area contributed by atoms with Crippen molar-refractivity contribution in [1.29, 1.82) is 0 Å². The number of hydrogen-bond acceptors (Lipinski definition) is 3. The van der Waals surface area contributed by atoms with Crippen molar-refractivity contribution in [2.45, 2.75) is 33.2 Å². The number of carbonyl (C=O) groups excluding carboxylic acids is 2. The molecule has 2 rings (SSSR count). The van der Waals surface area contributed by atoms with Crippen molar-refractivity contribution >= 4 is 17.5 Å². The van der Waals surface area contributed by atoms with Gasteiger partial charge in [-0.1, -0.05) is 12.1 Å². The summed E-state index contributed by atoms with van der Waals surface area (Å²) < 4.78 is 5.11. The van der Waals surface area contributed by atoms with Gasteiger partial charge in [-0.05, 0) is 44.5 Å². The number of nitrogens with one attached hydrogen (secondary N) is 2. The van der Waals surface area contributed by atoms with Crippen LogP contribution in [0.5, 0.6) is 0 Å². The first-order valence-electron chi connectivity index (χ1n) is 7.19. The van der Waals surface area contributed by atoms with Crippen molar-refractivity contribution in [1.82, 2.24) is 5.32 Å². The lowest BCUT2D eigenvalue weighted by atomic mass is 10.1. The average Bonchev–Trinajstić information content (AvgIpc) is 2.86. The van der Waals surface area contributed by atoms with Crippen molar-refractivity contribution in [3.8, 4) is 0 Å².